The second-order valence-corrected chi connectivity index (χ2v) is 3.07. The number of unbranched alkanes of at least 4 members (excludes halogenated alkanes) is 1. The number of aliphatic carboxylic acids is 1. The lowest BCUT2D eigenvalue weighted by Gasteiger charge is -2.17. The van der Waals surface area contributed by atoms with Crippen molar-refractivity contribution < 1.29 is 19.7 Å². The first-order chi connectivity index (χ1) is 5.50. The summed E-state index contributed by atoms with van der Waals surface area (Å²) in [6.07, 6.45) is 1.87. The van der Waals surface area contributed by atoms with Gasteiger partial charge in [-0.1, -0.05) is 13.3 Å². The topological polar surface area (TPSA) is 55.8 Å². The first-order valence-electron chi connectivity index (χ1n) is 4.04. The molecule has 0 radical (unpaired) electrons. The van der Waals surface area contributed by atoms with E-state index in [2.05, 4.69) is 0 Å². The molecule has 0 aliphatic rings. The van der Waals surface area contributed by atoms with Gasteiger partial charge in [-0.25, -0.2) is 14.6 Å². The summed E-state index contributed by atoms with van der Waals surface area (Å²) in [5, 5.41) is 8.59. The standard InChI is InChI=1S/C8H16O4/c1-4-5-6-11-12-8(2,3)7(9)10/h4-6H2,1-3H3,(H,9,10). The molecule has 0 fully saturated rings. The summed E-state index contributed by atoms with van der Waals surface area (Å²) in [4.78, 5) is 19.9. The molecule has 0 aliphatic carbocycles. The van der Waals surface area contributed by atoms with E-state index in [-0.39, 0.29) is 0 Å². The second kappa shape index (κ2) is 5.11. The molecule has 0 spiro atoms. The summed E-state index contributed by atoms with van der Waals surface area (Å²) in [5.41, 5.74) is -1.26. The van der Waals surface area contributed by atoms with Crippen molar-refractivity contribution in [2.45, 2.75) is 39.2 Å². The van der Waals surface area contributed by atoms with Crippen molar-refractivity contribution in [1.29, 1.82) is 0 Å². The van der Waals surface area contributed by atoms with Gasteiger partial charge >= 0.3 is 5.97 Å². The van der Waals surface area contributed by atoms with Gasteiger partial charge < -0.3 is 5.11 Å². The molecule has 0 rings (SSSR count). The van der Waals surface area contributed by atoms with Crippen LogP contribution in [0, 0.1) is 0 Å². The maximum atomic E-state index is 10.5. The maximum absolute atomic E-state index is 10.5. The minimum atomic E-state index is -1.26. The fourth-order valence-electron chi connectivity index (χ4n) is 0.428. The van der Waals surface area contributed by atoms with Crippen LogP contribution in [0.4, 0.5) is 0 Å². The van der Waals surface area contributed by atoms with Crippen LogP contribution in [0.5, 0.6) is 0 Å². The largest absolute Gasteiger partial charge is 0.479 e. The van der Waals surface area contributed by atoms with Gasteiger partial charge in [0, 0.05) is 0 Å². The Morgan fingerprint density at radius 3 is 2.50 bits per heavy atom. The van der Waals surface area contributed by atoms with E-state index in [4.69, 9.17) is 14.9 Å². The van der Waals surface area contributed by atoms with Crippen LogP contribution in [0.25, 0.3) is 0 Å². The fraction of sp³-hybridized carbons (Fsp3) is 0.875. The molecule has 0 atom stereocenters. The van der Waals surface area contributed by atoms with Crippen LogP contribution in [-0.2, 0) is 14.6 Å². The van der Waals surface area contributed by atoms with Crippen LogP contribution in [0.1, 0.15) is 33.6 Å². The SMILES string of the molecule is CCCCOOC(C)(C)C(=O)O. The highest BCUT2D eigenvalue weighted by atomic mass is 17.2. The Hall–Kier alpha value is -0.610. The Morgan fingerprint density at radius 1 is 1.50 bits per heavy atom. The van der Waals surface area contributed by atoms with Crippen LogP contribution < -0.4 is 0 Å². The lowest BCUT2D eigenvalue weighted by atomic mass is 10.1. The summed E-state index contributed by atoms with van der Waals surface area (Å²) in [5.74, 6) is -1.03. The highest BCUT2D eigenvalue weighted by Crippen LogP contribution is 2.09. The molecule has 1 N–H and O–H groups in total. The quantitative estimate of drug-likeness (QED) is 0.379. The van der Waals surface area contributed by atoms with E-state index in [9.17, 15) is 4.79 Å². The van der Waals surface area contributed by atoms with Crippen molar-refractivity contribution in [2.24, 2.45) is 0 Å². The molecule has 4 heteroatoms. The monoisotopic (exact) mass is 176 g/mol. The van der Waals surface area contributed by atoms with Crippen molar-refractivity contribution in [3.8, 4) is 0 Å². The predicted octanol–water partition coefficient (Wildman–Crippen LogP) is 1.60. The minimum Gasteiger partial charge on any atom is -0.479 e. The molecule has 4 nitrogen and oxygen atoms in total. The summed E-state index contributed by atoms with van der Waals surface area (Å²) >= 11 is 0. The normalized spacial score (nSPS) is 11.6. The van der Waals surface area contributed by atoms with E-state index in [1.807, 2.05) is 6.92 Å². The Kier molecular flexibility index (Phi) is 4.85. The van der Waals surface area contributed by atoms with Gasteiger partial charge in [-0.2, -0.15) is 0 Å². The molecule has 0 amide bonds. The number of rotatable bonds is 6. The molecule has 0 aliphatic heterocycles. The first kappa shape index (κ1) is 11.4. The van der Waals surface area contributed by atoms with Crippen LogP contribution in [0.2, 0.25) is 0 Å². The van der Waals surface area contributed by atoms with Gasteiger partial charge in [0.05, 0.1) is 6.61 Å². The third-order valence-corrected chi connectivity index (χ3v) is 1.36. The molecule has 0 heterocycles. The van der Waals surface area contributed by atoms with E-state index < -0.39 is 11.6 Å². The third kappa shape index (κ3) is 4.31. The van der Waals surface area contributed by atoms with Gasteiger partial charge in [0.15, 0.2) is 5.60 Å². The molecule has 0 saturated carbocycles. The average molecular weight is 176 g/mol. The van der Waals surface area contributed by atoms with Gasteiger partial charge in [-0.15, -0.1) is 0 Å². The Morgan fingerprint density at radius 2 is 2.08 bits per heavy atom. The number of carbonyl (C=O) groups is 1. The second-order valence-electron chi connectivity index (χ2n) is 3.07. The van der Waals surface area contributed by atoms with Gasteiger partial charge in [0.25, 0.3) is 0 Å². The first-order valence-corrected chi connectivity index (χ1v) is 4.04. The number of hydrogen-bond acceptors (Lipinski definition) is 3. The van der Waals surface area contributed by atoms with Crippen LogP contribution >= 0.6 is 0 Å². The van der Waals surface area contributed by atoms with Crippen molar-refractivity contribution in [1.82, 2.24) is 0 Å². The molecular formula is C8H16O4. The van der Waals surface area contributed by atoms with Crippen molar-refractivity contribution >= 4 is 5.97 Å². The lowest BCUT2D eigenvalue weighted by molar-refractivity contribution is -0.346. The molecule has 0 unspecified atom stereocenters. The zero-order valence-corrected chi connectivity index (χ0v) is 7.79. The van der Waals surface area contributed by atoms with E-state index in [0.717, 1.165) is 12.8 Å². The van der Waals surface area contributed by atoms with Crippen molar-refractivity contribution in [3.05, 3.63) is 0 Å². The molecule has 12 heavy (non-hydrogen) atoms. The number of hydrogen-bond donors (Lipinski definition) is 1. The lowest BCUT2D eigenvalue weighted by Crippen LogP contribution is -2.34. The van der Waals surface area contributed by atoms with E-state index in [0.29, 0.717) is 6.61 Å². The van der Waals surface area contributed by atoms with Crippen LogP contribution in [0.3, 0.4) is 0 Å². The highest BCUT2D eigenvalue weighted by Gasteiger charge is 2.29. The highest BCUT2D eigenvalue weighted by molar-refractivity contribution is 5.76. The zero-order valence-electron chi connectivity index (χ0n) is 7.79. The summed E-state index contributed by atoms with van der Waals surface area (Å²) in [6.45, 7) is 5.35. The van der Waals surface area contributed by atoms with Gasteiger partial charge in [-0.05, 0) is 20.3 Å². The molecule has 0 aromatic carbocycles. The third-order valence-electron chi connectivity index (χ3n) is 1.36. The zero-order chi connectivity index (χ0) is 9.61. The maximum Gasteiger partial charge on any atom is 0.338 e. The average Bonchev–Trinajstić information content (AvgIpc) is 1.98. The molecule has 0 aromatic heterocycles. The van der Waals surface area contributed by atoms with Crippen molar-refractivity contribution in [3.63, 3.8) is 0 Å². The Labute approximate surface area is 72.4 Å². The Bertz CT molecular complexity index is 142. The molecule has 0 aromatic rings. The van der Waals surface area contributed by atoms with Gasteiger partial charge in [0.1, 0.15) is 0 Å². The van der Waals surface area contributed by atoms with Crippen molar-refractivity contribution in [2.75, 3.05) is 6.61 Å². The predicted molar refractivity (Wildman–Crippen MR) is 43.7 cm³/mol. The van der Waals surface area contributed by atoms with Gasteiger partial charge in [-0.3, -0.25) is 0 Å². The number of carboxylic acids is 1. The summed E-state index contributed by atoms with van der Waals surface area (Å²) in [6, 6.07) is 0. The summed E-state index contributed by atoms with van der Waals surface area (Å²) in [7, 11) is 0. The molecule has 0 saturated heterocycles. The van der Waals surface area contributed by atoms with E-state index in [1.165, 1.54) is 13.8 Å². The molecular weight excluding hydrogens is 160 g/mol. The molecule has 72 valence electrons. The van der Waals surface area contributed by atoms with E-state index in [1.54, 1.807) is 0 Å². The van der Waals surface area contributed by atoms with Gasteiger partial charge in [0.2, 0.25) is 0 Å². The van der Waals surface area contributed by atoms with Crippen LogP contribution in [0.15, 0.2) is 0 Å². The molecule has 0 bridgehead atoms. The number of carboxylic acid groups (broad SMARTS) is 1. The Balaban J connectivity index is 3.54. The minimum absolute atomic E-state index is 0.438. The smallest absolute Gasteiger partial charge is 0.338 e. The summed E-state index contributed by atoms with van der Waals surface area (Å²) < 4.78 is 0. The fourth-order valence-corrected chi connectivity index (χ4v) is 0.428. The van der Waals surface area contributed by atoms with E-state index >= 15 is 0 Å². The van der Waals surface area contributed by atoms with Crippen LogP contribution in [-0.4, -0.2) is 23.3 Å².